The van der Waals surface area contributed by atoms with Crippen LogP contribution < -0.4 is 14.4 Å². The van der Waals surface area contributed by atoms with Crippen LogP contribution in [-0.4, -0.2) is 49.2 Å². The number of sulfonamides is 1. The number of carbonyl (C=O) groups excluding carboxylic acids is 1. The lowest BCUT2D eigenvalue weighted by Gasteiger charge is -2.36. The molecule has 1 aliphatic heterocycles. The molecule has 2 heterocycles. The highest BCUT2D eigenvalue weighted by Gasteiger charge is 2.38. The van der Waals surface area contributed by atoms with Gasteiger partial charge in [0, 0.05) is 30.9 Å². The van der Waals surface area contributed by atoms with Gasteiger partial charge in [0.05, 0.1) is 28.3 Å². The van der Waals surface area contributed by atoms with E-state index in [1.165, 1.54) is 32.0 Å². The molecular formula is C27H25F6N3O5S. The average molecular weight is 618 g/mol. The first-order valence-corrected chi connectivity index (χ1v) is 13.9. The Morgan fingerprint density at radius 3 is 2.33 bits per heavy atom. The van der Waals surface area contributed by atoms with Crippen LogP contribution in [0.2, 0.25) is 0 Å². The van der Waals surface area contributed by atoms with Gasteiger partial charge in [-0.2, -0.15) is 26.3 Å². The lowest BCUT2D eigenvalue weighted by atomic mass is 10.0. The number of halogens is 6. The number of aliphatic hydroxyl groups is 1. The molecule has 2 aromatic carbocycles. The molecule has 42 heavy (non-hydrogen) atoms. The van der Waals surface area contributed by atoms with Crippen LogP contribution in [0.25, 0.3) is 11.1 Å². The number of benzene rings is 2. The van der Waals surface area contributed by atoms with Crippen molar-refractivity contribution in [1.82, 2.24) is 10.3 Å². The summed E-state index contributed by atoms with van der Waals surface area (Å²) in [4.78, 5) is 15.0. The topological polar surface area (TPSA) is 109 Å². The zero-order valence-electron chi connectivity index (χ0n) is 22.1. The van der Waals surface area contributed by atoms with Gasteiger partial charge in [-0.15, -0.1) is 0 Å². The van der Waals surface area contributed by atoms with Crippen LogP contribution in [0.1, 0.15) is 31.4 Å². The largest absolute Gasteiger partial charge is 0.486 e. The molecule has 0 saturated carbocycles. The van der Waals surface area contributed by atoms with Crippen LogP contribution in [0.15, 0.2) is 65.8 Å². The third-order valence-electron chi connectivity index (χ3n) is 6.35. The molecule has 0 bridgehead atoms. The van der Waals surface area contributed by atoms with Gasteiger partial charge in [0.15, 0.2) is 0 Å². The second-order valence-electron chi connectivity index (χ2n) is 10.0. The molecule has 1 unspecified atom stereocenters. The van der Waals surface area contributed by atoms with E-state index >= 15 is 0 Å². The molecule has 0 aliphatic carbocycles. The Morgan fingerprint density at radius 1 is 1.00 bits per heavy atom. The summed E-state index contributed by atoms with van der Waals surface area (Å²) in [6, 6.07) is 7.97. The van der Waals surface area contributed by atoms with Gasteiger partial charge in [-0.1, -0.05) is 12.1 Å². The summed E-state index contributed by atoms with van der Waals surface area (Å²) in [5.74, 6) is -0.689. The zero-order chi connectivity index (χ0) is 31.1. The van der Waals surface area contributed by atoms with Crippen molar-refractivity contribution in [2.45, 2.75) is 49.2 Å². The van der Waals surface area contributed by atoms with Gasteiger partial charge in [0.25, 0.3) is 15.9 Å². The van der Waals surface area contributed by atoms with Gasteiger partial charge in [-0.05, 0) is 55.8 Å². The van der Waals surface area contributed by atoms with E-state index in [1.807, 2.05) is 0 Å². The lowest BCUT2D eigenvalue weighted by Crippen LogP contribution is -2.46. The Bertz CT molecular complexity index is 1590. The number of rotatable bonds is 7. The van der Waals surface area contributed by atoms with Gasteiger partial charge in [-0.3, -0.25) is 14.1 Å². The summed E-state index contributed by atoms with van der Waals surface area (Å²) in [6.07, 6.45) is -8.56. The van der Waals surface area contributed by atoms with E-state index in [9.17, 15) is 44.7 Å². The summed E-state index contributed by atoms with van der Waals surface area (Å²) in [5.41, 5.74) is -3.84. The van der Waals surface area contributed by atoms with Crippen molar-refractivity contribution in [3.05, 3.63) is 72.1 Å². The summed E-state index contributed by atoms with van der Waals surface area (Å²) in [6.45, 7) is 2.12. The number of hydrogen-bond acceptors (Lipinski definition) is 6. The molecule has 4 rings (SSSR count). The number of carbonyl (C=O) groups is 1. The average Bonchev–Trinajstić information content (AvgIpc) is 2.91. The first-order valence-electron chi connectivity index (χ1n) is 12.4. The first kappa shape index (κ1) is 31.1. The number of aromatic nitrogens is 1. The molecule has 8 nitrogen and oxygen atoms in total. The van der Waals surface area contributed by atoms with E-state index in [-0.39, 0.29) is 35.5 Å². The SMILES string of the molecule is CC(C)(O)C(=O)NCCC1CN(S(=O)(=O)c2cccc(C(F)(F)F)c2)c2cc(-c3cncc(C(F)(F)F)c3)ccc2O1. The molecule has 226 valence electrons. The van der Waals surface area contributed by atoms with Crippen molar-refractivity contribution in [2.75, 3.05) is 17.4 Å². The smallest absolute Gasteiger partial charge is 0.417 e. The van der Waals surface area contributed by atoms with Gasteiger partial charge >= 0.3 is 12.4 Å². The number of nitrogens with one attached hydrogen (secondary N) is 1. The minimum Gasteiger partial charge on any atom is -0.486 e. The molecule has 0 fully saturated rings. The fourth-order valence-electron chi connectivity index (χ4n) is 4.15. The number of fused-ring (bicyclic) bond motifs is 1. The van der Waals surface area contributed by atoms with Crippen LogP contribution in [0.4, 0.5) is 32.0 Å². The molecular weight excluding hydrogens is 592 g/mol. The van der Waals surface area contributed by atoms with Crippen LogP contribution in [0, 0.1) is 0 Å². The van der Waals surface area contributed by atoms with E-state index in [1.54, 1.807) is 0 Å². The fourth-order valence-corrected chi connectivity index (χ4v) is 5.69. The van der Waals surface area contributed by atoms with Crippen molar-refractivity contribution in [3.63, 3.8) is 0 Å². The summed E-state index contributed by atoms with van der Waals surface area (Å²) in [5, 5.41) is 12.3. The monoisotopic (exact) mass is 617 g/mol. The lowest BCUT2D eigenvalue weighted by molar-refractivity contribution is -0.138. The first-order chi connectivity index (χ1) is 19.4. The molecule has 1 amide bonds. The van der Waals surface area contributed by atoms with Gasteiger partial charge in [0.1, 0.15) is 17.5 Å². The maximum atomic E-state index is 13.8. The second-order valence-corrected chi connectivity index (χ2v) is 11.9. The standard InChI is InChI=1S/C27H25F6N3O5S/c1-25(2,38)24(37)35-9-8-20-15-36(42(39,40)21-5-3-4-18(12-21)26(28,29)30)22-11-16(6-7-23(22)41-20)17-10-19(14-34-13-17)27(31,32)33/h3-7,10-14,20,38H,8-9,15H2,1-2H3,(H,35,37). The fraction of sp³-hybridized carbons (Fsp3) is 0.333. The van der Waals surface area contributed by atoms with Gasteiger partial charge in [0.2, 0.25) is 0 Å². The van der Waals surface area contributed by atoms with Crippen molar-refractivity contribution in [1.29, 1.82) is 0 Å². The summed E-state index contributed by atoms with van der Waals surface area (Å²) < 4.78 is 114. The molecule has 0 saturated heterocycles. The predicted octanol–water partition coefficient (Wildman–Crippen LogP) is 5.02. The maximum Gasteiger partial charge on any atom is 0.417 e. The number of hydrogen-bond donors (Lipinski definition) is 2. The zero-order valence-corrected chi connectivity index (χ0v) is 22.9. The number of alkyl halides is 6. The summed E-state index contributed by atoms with van der Waals surface area (Å²) in [7, 11) is -4.66. The number of pyridine rings is 1. The number of anilines is 1. The molecule has 1 aliphatic rings. The van der Waals surface area contributed by atoms with E-state index in [0.29, 0.717) is 12.3 Å². The van der Waals surface area contributed by atoms with E-state index in [0.717, 1.165) is 34.8 Å². The number of amides is 1. The van der Waals surface area contributed by atoms with Crippen LogP contribution in [0.3, 0.4) is 0 Å². The Balaban J connectivity index is 1.75. The van der Waals surface area contributed by atoms with E-state index < -0.39 is 62.6 Å². The second kappa shape index (κ2) is 11.1. The normalized spacial score (nSPS) is 16.0. The molecule has 0 spiro atoms. The van der Waals surface area contributed by atoms with Crippen molar-refractivity contribution >= 4 is 21.6 Å². The molecule has 1 aromatic heterocycles. The van der Waals surface area contributed by atoms with Crippen LogP contribution in [-0.2, 0) is 27.2 Å². The van der Waals surface area contributed by atoms with Crippen LogP contribution in [0.5, 0.6) is 5.75 Å². The molecule has 0 radical (unpaired) electrons. The highest BCUT2D eigenvalue weighted by molar-refractivity contribution is 7.92. The summed E-state index contributed by atoms with van der Waals surface area (Å²) >= 11 is 0. The molecule has 3 aromatic rings. The third kappa shape index (κ3) is 6.78. The highest BCUT2D eigenvalue weighted by Crippen LogP contribution is 2.41. The van der Waals surface area contributed by atoms with Gasteiger partial charge < -0.3 is 15.2 Å². The van der Waals surface area contributed by atoms with Crippen molar-refractivity contribution < 1.29 is 49.4 Å². The Kier molecular flexibility index (Phi) is 8.21. The van der Waals surface area contributed by atoms with E-state index in [2.05, 4.69) is 10.3 Å². The molecule has 1 atom stereocenters. The Hall–Kier alpha value is -3.85. The number of nitrogens with zero attached hydrogens (tertiary/aromatic N) is 2. The van der Waals surface area contributed by atoms with Gasteiger partial charge in [-0.25, -0.2) is 8.42 Å². The minimum atomic E-state index is -4.82. The van der Waals surface area contributed by atoms with Crippen molar-refractivity contribution in [3.8, 4) is 16.9 Å². The third-order valence-corrected chi connectivity index (χ3v) is 8.12. The Morgan fingerprint density at radius 2 is 1.69 bits per heavy atom. The Labute approximate surface area is 237 Å². The number of ether oxygens (including phenoxy) is 1. The predicted molar refractivity (Wildman–Crippen MR) is 139 cm³/mol. The maximum absolute atomic E-state index is 13.8. The van der Waals surface area contributed by atoms with Crippen molar-refractivity contribution in [2.24, 2.45) is 0 Å². The molecule has 15 heteroatoms. The molecule has 2 N–H and O–H groups in total. The van der Waals surface area contributed by atoms with E-state index in [4.69, 9.17) is 4.74 Å². The highest BCUT2D eigenvalue weighted by atomic mass is 32.2. The minimum absolute atomic E-state index is 0.000647. The quantitative estimate of drug-likeness (QED) is 0.361. The van der Waals surface area contributed by atoms with Crippen LogP contribution >= 0.6 is 0 Å².